The first kappa shape index (κ1) is 14.9. The van der Waals surface area contributed by atoms with Crippen LogP contribution in [0.15, 0.2) is 15.3 Å². The van der Waals surface area contributed by atoms with Crippen LogP contribution in [0.3, 0.4) is 0 Å². The van der Waals surface area contributed by atoms with Crippen LogP contribution in [0.5, 0.6) is 0 Å². The molecule has 0 saturated heterocycles. The van der Waals surface area contributed by atoms with Gasteiger partial charge in [0.15, 0.2) is 0 Å². The van der Waals surface area contributed by atoms with Gasteiger partial charge in [0.25, 0.3) is 5.56 Å². The minimum atomic E-state index is -0.0389. The zero-order valence-corrected chi connectivity index (χ0v) is 13.2. The van der Waals surface area contributed by atoms with E-state index in [0.29, 0.717) is 31.4 Å². The van der Waals surface area contributed by atoms with Crippen LogP contribution < -0.4 is 5.56 Å². The fourth-order valence-electron chi connectivity index (χ4n) is 2.61. The third-order valence-corrected chi connectivity index (χ3v) is 3.86. The van der Waals surface area contributed by atoms with Gasteiger partial charge in [0.1, 0.15) is 0 Å². The number of aromatic nitrogens is 4. The Labute approximate surface area is 129 Å². The molecule has 0 bridgehead atoms. The van der Waals surface area contributed by atoms with Crippen LogP contribution in [-0.4, -0.2) is 31.4 Å². The van der Waals surface area contributed by atoms with Crippen molar-refractivity contribution in [1.29, 1.82) is 0 Å². The molecule has 3 rings (SSSR count). The van der Waals surface area contributed by atoms with Crippen molar-refractivity contribution in [2.24, 2.45) is 0 Å². The normalized spacial score (nSPS) is 15.3. The molecule has 118 valence electrons. The molecular formula is C15H21N5O2. The van der Waals surface area contributed by atoms with E-state index in [4.69, 9.17) is 4.42 Å². The van der Waals surface area contributed by atoms with E-state index in [-0.39, 0.29) is 11.5 Å². The van der Waals surface area contributed by atoms with Gasteiger partial charge in [-0.1, -0.05) is 13.8 Å². The van der Waals surface area contributed by atoms with Gasteiger partial charge in [0.2, 0.25) is 11.8 Å². The summed E-state index contributed by atoms with van der Waals surface area (Å²) < 4.78 is 7.17. The van der Waals surface area contributed by atoms with E-state index < -0.39 is 0 Å². The predicted molar refractivity (Wildman–Crippen MR) is 80.4 cm³/mol. The van der Waals surface area contributed by atoms with E-state index in [9.17, 15) is 4.79 Å². The molecule has 0 aliphatic carbocycles. The fourth-order valence-corrected chi connectivity index (χ4v) is 2.61. The minimum Gasteiger partial charge on any atom is -0.424 e. The van der Waals surface area contributed by atoms with Crippen molar-refractivity contribution in [2.45, 2.75) is 52.7 Å². The summed E-state index contributed by atoms with van der Waals surface area (Å²) >= 11 is 0. The Kier molecular flexibility index (Phi) is 4.06. The molecule has 0 unspecified atom stereocenters. The highest BCUT2D eigenvalue weighted by Gasteiger charge is 2.21. The van der Waals surface area contributed by atoms with Gasteiger partial charge >= 0.3 is 0 Å². The van der Waals surface area contributed by atoms with E-state index >= 15 is 0 Å². The average Bonchev–Trinajstić information content (AvgIpc) is 2.95. The summed E-state index contributed by atoms with van der Waals surface area (Å²) in [5.74, 6) is 1.53. The Hall–Kier alpha value is -2.02. The van der Waals surface area contributed by atoms with Gasteiger partial charge in [-0.25, -0.2) is 4.68 Å². The molecule has 0 saturated carbocycles. The Morgan fingerprint density at radius 1 is 1.36 bits per heavy atom. The van der Waals surface area contributed by atoms with Crippen LogP contribution in [0.1, 0.15) is 49.7 Å². The molecule has 22 heavy (non-hydrogen) atoms. The van der Waals surface area contributed by atoms with Crippen molar-refractivity contribution in [2.75, 3.05) is 6.54 Å². The number of hydrogen-bond acceptors (Lipinski definition) is 6. The summed E-state index contributed by atoms with van der Waals surface area (Å²) in [6.07, 6.45) is 0.834. The van der Waals surface area contributed by atoms with Crippen molar-refractivity contribution >= 4 is 0 Å². The van der Waals surface area contributed by atoms with Crippen molar-refractivity contribution in [3.05, 3.63) is 39.5 Å². The first-order valence-corrected chi connectivity index (χ1v) is 7.71. The highest BCUT2D eigenvalue weighted by Crippen LogP contribution is 2.18. The molecule has 0 spiro atoms. The summed E-state index contributed by atoms with van der Waals surface area (Å²) in [6.45, 7) is 8.77. The number of hydrogen-bond donors (Lipinski definition) is 0. The molecule has 0 aromatic carbocycles. The lowest BCUT2D eigenvalue weighted by Crippen LogP contribution is -2.34. The second kappa shape index (κ2) is 6.00. The molecule has 7 heteroatoms. The molecule has 0 radical (unpaired) electrons. The molecule has 1 aliphatic heterocycles. The van der Waals surface area contributed by atoms with Gasteiger partial charge in [-0.2, -0.15) is 5.10 Å². The summed E-state index contributed by atoms with van der Waals surface area (Å²) in [5.41, 5.74) is 1.98. The topological polar surface area (TPSA) is 77.1 Å². The second-order valence-electron chi connectivity index (χ2n) is 5.92. The predicted octanol–water partition coefficient (Wildman–Crippen LogP) is 1.33. The lowest BCUT2D eigenvalue weighted by Gasteiger charge is -2.26. The standard InChI is InChI=1S/C15H21N5O2/c1-4-20-14(21)7-11-8-19(6-5-12(11)18-20)9-13-16-17-15(22-13)10(2)3/h7,10H,4-6,8-9H2,1-3H3. The van der Waals surface area contributed by atoms with Crippen LogP contribution >= 0.6 is 0 Å². The first-order chi connectivity index (χ1) is 10.6. The van der Waals surface area contributed by atoms with E-state index in [2.05, 4.69) is 20.2 Å². The lowest BCUT2D eigenvalue weighted by atomic mass is 10.1. The highest BCUT2D eigenvalue weighted by atomic mass is 16.4. The summed E-state index contributed by atoms with van der Waals surface area (Å²) in [5, 5.41) is 12.6. The summed E-state index contributed by atoms with van der Waals surface area (Å²) in [6, 6.07) is 1.70. The maximum Gasteiger partial charge on any atom is 0.267 e. The monoisotopic (exact) mass is 303 g/mol. The Morgan fingerprint density at radius 3 is 2.86 bits per heavy atom. The third-order valence-electron chi connectivity index (χ3n) is 3.86. The van der Waals surface area contributed by atoms with Gasteiger partial charge in [-0.15, -0.1) is 10.2 Å². The first-order valence-electron chi connectivity index (χ1n) is 7.71. The zero-order valence-electron chi connectivity index (χ0n) is 13.2. The lowest BCUT2D eigenvalue weighted by molar-refractivity contribution is 0.215. The maximum absolute atomic E-state index is 11.9. The number of aryl methyl sites for hydroxylation is 1. The fraction of sp³-hybridized carbons (Fsp3) is 0.600. The van der Waals surface area contributed by atoms with Gasteiger partial charge in [0.05, 0.1) is 12.2 Å². The molecule has 2 aromatic rings. The van der Waals surface area contributed by atoms with Crippen molar-refractivity contribution in [3.63, 3.8) is 0 Å². The Bertz CT molecular complexity index is 719. The van der Waals surface area contributed by atoms with E-state index in [1.165, 1.54) is 4.68 Å². The smallest absolute Gasteiger partial charge is 0.267 e. The molecule has 0 atom stereocenters. The Balaban J connectivity index is 1.73. The van der Waals surface area contributed by atoms with Gasteiger partial charge in [0, 0.05) is 38.0 Å². The maximum atomic E-state index is 11.9. The molecule has 0 amide bonds. The summed E-state index contributed by atoms with van der Waals surface area (Å²) in [4.78, 5) is 14.1. The largest absolute Gasteiger partial charge is 0.424 e. The minimum absolute atomic E-state index is 0.0389. The Morgan fingerprint density at radius 2 is 2.18 bits per heavy atom. The zero-order chi connectivity index (χ0) is 15.7. The molecule has 1 aliphatic rings. The summed E-state index contributed by atoms with van der Waals surface area (Å²) in [7, 11) is 0. The molecule has 0 fully saturated rings. The van der Waals surface area contributed by atoms with Gasteiger partial charge in [-0.05, 0) is 12.5 Å². The molecule has 7 nitrogen and oxygen atoms in total. The van der Waals surface area contributed by atoms with Gasteiger partial charge in [-0.3, -0.25) is 9.69 Å². The van der Waals surface area contributed by atoms with Crippen LogP contribution in [0.2, 0.25) is 0 Å². The van der Waals surface area contributed by atoms with Gasteiger partial charge < -0.3 is 4.42 Å². The quantitative estimate of drug-likeness (QED) is 0.848. The van der Waals surface area contributed by atoms with E-state index in [1.54, 1.807) is 6.07 Å². The van der Waals surface area contributed by atoms with Crippen LogP contribution in [0.25, 0.3) is 0 Å². The van der Waals surface area contributed by atoms with Crippen molar-refractivity contribution in [3.8, 4) is 0 Å². The van der Waals surface area contributed by atoms with Crippen molar-refractivity contribution in [1.82, 2.24) is 24.9 Å². The highest BCUT2D eigenvalue weighted by molar-refractivity contribution is 5.20. The molecule has 0 N–H and O–H groups in total. The molecule has 2 aromatic heterocycles. The number of fused-ring (bicyclic) bond motifs is 1. The second-order valence-corrected chi connectivity index (χ2v) is 5.92. The van der Waals surface area contributed by atoms with Crippen LogP contribution in [0.4, 0.5) is 0 Å². The van der Waals surface area contributed by atoms with Crippen LogP contribution in [0, 0.1) is 0 Å². The van der Waals surface area contributed by atoms with E-state index in [1.807, 2.05) is 20.8 Å². The SMILES string of the molecule is CCn1nc2c(cc1=O)CN(Cc1nnc(C(C)C)o1)CC2. The molecular weight excluding hydrogens is 282 g/mol. The van der Waals surface area contributed by atoms with E-state index in [0.717, 1.165) is 24.2 Å². The third kappa shape index (κ3) is 2.94. The number of nitrogens with zero attached hydrogens (tertiary/aromatic N) is 5. The van der Waals surface area contributed by atoms with Crippen molar-refractivity contribution < 1.29 is 4.42 Å². The number of rotatable bonds is 4. The molecule has 3 heterocycles. The van der Waals surface area contributed by atoms with Crippen LogP contribution in [-0.2, 0) is 26.1 Å². The average molecular weight is 303 g/mol.